The lowest BCUT2D eigenvalue weighted by atomic mass is 10.0. The van der Waals surface area contributed by atoms with Crippen LogP contribution >= 0.6 is 11.6 Å². The van der Waals surface area contributed by atoms with Gasteiger partial charge in [-0.15, -0.1) is 0 Å². The number of carbonyl (C=O) groups is 1. The molecular weight excluding hydrogens is 324 g/mol. The van der Waals surface area contributed by atoms with E-state index in [0.29, 0.717) is 16.3 Å². The molecule has 0 aliphatic rings. The highest BCUT2D eigenvalue weighted by molar-refractivity contribution is 6.30. The van der Waals surface area contributed by atoms with Gasteiger partial charge in [0.25, 0.3) is 0 Å². The molecule has 0 fully saturated rings. The van der Waals surface area contributed by atoms with Gasteiger partial charge in [-0.3, -0.25) is 0 Å². The van der Waals surface area contributed by atoms with E-state index in [1.807, 2.05) is 36.4 Å². The monoisotopic (exact) mass is 336 g/mol. The van der Waals surface area contributed by atoms with Crippen molar-refractivity contribution >= 4 is 39.4 Å². The van der Waals surface area contributed by atoms with E-state index in [1.54, 1.807) is 19.1 Å². The Morgan fingerprint density at radius 1 is 1.12 bits per heavy atom. The maximum Gasteiger partial charge on any atom is 0.354 e. The Morgan fingerprint density at radius 3 is 2.54 bits per heavy atom. The number of aromatic amines is 1. The van der Waals surface area contributed by atoms with Gasteiger partial charge in [-0.2, -0.15) is 0 Å². The second-order valence-electron chi connectivity index (χ2n) is 5.67. The molecule has 0 aliphatic carbocycles. The number of aryl methyl sites for hydroxylation is 1. The minimum Gasteiger partial charge on any atom is -0.477 e. The maximum atomic E-state index is 11.7. The summed E-state index contributed by atoms with van der Waals surface area (Å²) in [6, 6.07) is 15.1. The van der Waals surface area contributed by atoms with Crippen LogP contribution in [-0.4, -0.2) is 21.0 Å². The summed E-state index contributed by atoms with van der Waals surface area (Å²) < 4.78 is 0. The highest BCUT2D eigenvalue weighted by Crippen LogP contribution is 2.35. The van der Waals surface area contributed by atoms with Gasteiger partial charge in [-0.05, 0) is 30.7 Å². The fourth-order valence-electron chi connectivity index (χ4n) is 3.10. The highest BCUT2D eigenvalue weighted by atomic mass is 35.5. The van der Waals surface area contributed by atoms with Crippen LogP contribution in [-0.2, 0) is 0 Å². The first-order chi connectivity index (χ1) is 11.6. The number of H-pyrrole nitrogens is 1. The van der Waals surface area contributed by atoms with Crippen LogP contribution in [0.4, 0.5) is 0 Å². The molecule has 118 valence electrons. The zero-order valence-corrected chi connectivity index (χ0v) is 13.6. The molecule has 5 heteroatoms. The Morgan fingerprint density at radius 2 is 1.83 bits per heavy atom. The van der Waals surface area contributed by atoms with Crippen LogP contribution in [0.15, 0.2) is 48.5 Å². The van der Waals surface area contributed by atoms with E-state index in [4.69, 9.17) is 11.6 Å². The van der Waals surface area contributed by atoms with Crippen LogP contribution in [0.2, 0.25) is 5.02 Å². The van der Waals surface area contributed by atoms with E-state index in [1.165, 1.54) is 0 Å². The van der Waals surface area contributed by atoms with Crippen molar-refractivity contribution in [3.8, 4) is 11.3 Å². The molecule has 0 amide bonds. The van der Waals surface area contributed by atoms with Gasteiger partial charge < -0.3 is 10.1 Å². The summed E-state index contributed by atoms with van der Waals surface area (Å²) in [4.78, 5) is 19.5. The molecule has 2 heterocycles. The lowest BCUT2D eigenvalue weighted by Crippen LogP contribution is -2.05. The van der Waals surface area contributed by atoms with E-state index in [-0.39, 0.29) is 5.69 Å². The summed E-state index contributed by atoms with van der Waals surface area (Å²) in [6.07, 6.45) is 0. The number of fused-ring (bicyclic) bond motifs is 3. The zero-order valence-electron chi connectivity index (χ0n) is 12.8. The van der Waals surface area contributed by atoms with Gasteiger partial charge in [0.1, 0.15) is 0 Å². The molecule has 4 rings (SSSR count). The third kappa shape index (κ3) is 2.15. The first-order valence-corrected chi connectivity index (χ1v) is 7.84. The number of halogens is 1. The largest absolute Gasteiger partial charge is 0.477 e. The van der Waals surface area contributed by atoms with Gasteiger partial charge in [0.05, 0.1) is 11.2 Å². The smallest absolute Gasteiger partial charge is 0.354 e. The Balaban J connectivity index is 2.18. The number of nitrogens with zero attached hydrogens (tertiary/aromatic N) is 1. The molecule has 0 saturated carbocycles. The number of aromatic nitrogens is 2. The van der Waals surface area contributed by atoms with Crippen LogP contribution in [0, 0.1) is 6.92 Å². The molecule has 0 saturated heterocycles. The van der Waals surface area contributed by atoms with Crippen molar-refractivity contribution in [2.45, 2.75) is 6.92 Å². The molecule has 0 unspecified atom stereocenters. The summed E-state index contributed by atoms with van der Waals surface area (Å²) in [5.41, 5.74) is 3.94. The van der Waals surface area contributed by atoms with Crippen molar-refractivity contribution in [2.24, 2.45) is 0 Å². The second kappa shape index (κ2) is 5.35. The summed E-state index contributed by atoms with van der Waals surface area (Å²) in [5, 5.41) is 12.1. The Kier molecular flexibility index (Phi) is 3.28. The number of pyridine rings is 1. The first-order valence-electron chi connectivity index (χ1n) is 7.46. The fraction of sp³-hybridized carbons (Fsp3) is 0.0526. The molecule has 4 aromatic rings. The van der Waals surface area contributed by atoms with E-state index >= 15 is 0 Å². The van der Waals surface area contributed by atoms with E-state index in [2.05, 4.69) is 9.97 Å². The van der Waals surface area contributed by atoms with Gasteiger partial charge in [-0.1, -0.05) is 41.9 Å². The molecule has 2 aromatic heterocycles. The second-order valence-corrected chi connectivity index (χ2v) is 6.10. The molecule has 2 N–H and O–H groups in total. The lowest BCUT2D eigenvalue weighted by molar-refractivity contribution is 0.0690. The molecule has 4 nitrogen and oxygen atoms in total. The minimum atomic E-state index is -1.03. The Hall–Kier alpha value is -2.85. The predicted octanol–water partition coefficient (Wildman–Crippen LogP) is 5.04. The molecular formula is C19H13ClN2O2. The van der Waals surface area contributed by atoms with Gasteiger partial charge in [0.2, 0.25) is 0 Å². The summed E-state index contributed by atoms with van der Waals surface area (Å²) in [5.74, 6) is -1.03. The first kappa shape index (κ1) is 14.7. The number of benzene rings is 2. The van der Waals surface area contributed by atoms with Gasteiger partial charge in [0, 0.05) is 26.9 Å². The molecule has 0 spiro atoms. The number of hydrogen-bond donors (Lipinski definition) is 2. The summed E-state index contributed by atoms with van der Waals surface area (Å²) in [6.45, 7) is 1.80. The maximum absolute atomic E-state index is 11.7. The summed E-state index contributed by atoms with van der Waals surface area (Å²) in [7, 11) is 0. The zero-order chi connectivity index (χ0) is 16.8. The van der Waals surface area contributed by atoms with Crippen molar-refractivity contribution in [3.05, 3.63) is 64.8 Å². The van der Waals surface area contributed by atoms with Gasteiger partial charge in [0.15, 0.2) is 5.69 Å². The van der Waals surface area contributed by atoms with Crippen molar-refractivity contribution < 1.29 is 9.90 Å². The number of aromatic carboxylic acids is 1. The standard InChI is InChI=1S/C19H13ClN2O2/c1-10-15-13-4-2-3-5-14(13)21-18(15)17(22-16(10)19(23)24)11-6-8-12(20)9-7-11/h2-9,21H,1H3,(H,23,24). The quantitative estimate of drug-likeness (QED) is 0.538. The van der Waals surface area contributed by atoms with Crippen LogP contribution in [0.5, 0.6) is 0 Å². The number of para-hydroxylation sites is 1. The van der Waals surface area contributed by atoms with E-state index < -0.39 is 5.97 Å². The van der Waals surface area contributed by atoms with Crippen molar-refractivity contribution in [1.29, 1.82) is 0 Å². The van der Waals surface area contributed by atoms with E-state index in [9.17, 15) is 9.90 Å². The van der Waals surface area contributed by atoms with Crippen molar-refractivity contribution in [2.75, 3.05) is 0 Å². The topological polar surface area (TPSA) is 66.0 Å². The van der Waals surface area contributed by atoms with E-state index in [0.717, 1.165) is 27.4 Å². The fourth-order valence-corrected chi connectivity index (χ4v) is 3.23. The van der Waals surface area contributed by atoms with Crippen LogP contribution < -0.4 is 0 Å². The third-order valence-electron chi connectivity index (χ3n) is 4.22. The molecule has 2 aromatic carbocycles. The molecule has 0 bridgehead atoms. The molecule has 0 radical (unpaired) electrons. The van der Waals surface area contributed by atoms with Crippen molar-refractivity contribution in [1.82, 2.24) is 9.97 Å². The van der Waals surface area contributed by atoms with Crippen LogP contribution in [0.3, 0.4) is 0 Å². The number of rotatable bonds is 2. The van der Waals surface area contributed by atoms with Gasteiger partial charge >= 0.3 is 5.97 Å². The number of carboxylic acid groups (broad SMARTS) is 1. The summed E-state index contributed by atoms with van der Waals surface area (Å²) >= 11 is 5.97. The number of nitrogens with one attached hydrogen (secondary N) is 1. The Labute approximate surface area is 142 Å². The predicted molar refractivity (Wildman–Crippen MR) is 95.7 cm³/mol. The third-order valence-corrected chi connectivity index (χ3v) is 4.47. The number of hydrogen-bond acceptors (Lipinski definition) is 2. The van der Waals surface area contributed by atoms with Crippen LogP contribution in [0.1, 0.15) is 16.1 Å². The molecule has 0 atom stereocenters. The SMILES string of the molecule is Cc1c(C(=O)O)nc(-c2ccc(Cl)cc2)c2[nH]c3ccccc3c12. The van der Waals surface area contributed by atoms with Gasteiger partial charge in [-0.25, -0.2) is 9.78 Å². The average molecular weight is 337 g/mol. The van der Waals surface area contributed by atoms with Crippen LogP contribution in [0.25, 0.3) is 33.1 Å². The minimum absolute atomic E-state index is 0.0669. The molecule has 24 heavy (non-hydrogen) atoms. The Bertz CT molecular complexity index is 1100. The lowest BCUT2D eigenvalue weighted by Gasteiger charge is -2.09. The molecule has 0 aliphatic heterocycles. The highest BCUT2D eigenvalue weighted by Gasteiger charge is 2.20. The normalized spacial score (nSPS) is 11.2. The average Bonchev–Trinajstić information content (AvgIpc) is 2.96. The number of carboxylic acids is 1. The van der Waals surface area contributed by atoms with Crippen molar-refractivity contribution in [3.63, 3.8) is 0 Å².